The third-order valence-corrected chi connectivity index (χ3v) is 4.30. The molecular formula is C17H25N3O. The van der Waals surface area contributed by atoms with Crippen LogP contribution in [0.5, 0.6) is 0 Å². The molecule has 2 unspecified atom stereocenters. The van der Waals surface area contributed by atoms with Gasteiger partial charge < -0.3 is 15.4 Å². The summed E-state index contributed by atoms with van der Waals surface area (Å²) in [5.41, 5.74) is 2.98. The lowest BCUT2D eigenvalue weighted by Gasteiger charge is -2.30. The molecule has 1 heterocycles. The van der Waals surface area contributed by atoms with E-state index in [0.717, 1.165) is 38.6 Å². The summed E-state index contributed by atoms with van der Waals surface area (Å²) in [4.78, 5) is 4.65. The Morgan fingerprint density at radius 1 is 1.33 bits per heavy atom. The van der Waals surface area contributed by atoms with E-state index in [1.165, 1.54) is 24.0 Å². The van der Waals surface area contributed by atoms with Crippen molar-refractivity contribution in [2.24, 2.45) is 4.99 Å². The zero-order valence-electron chi connectivity index (χ0n) is 12.8. The average molecular weight is 287 g/mol. The first-order chi connectivity index (χ1) is 10.4. The number of aliphatic imine (C=N–C) groups is 1. The van der Waals surface area contributed by atoms with Gasteiger partial charge in [-0.1, -0.05) is 24.3 Å². The first-order valence-electron chi connectivity index (χ1n) is 8.08. The van der Waals surface area contributed by atoms with Crippen LogP contribution < -0.4 is 10.6 Å². The van der Waals surface area contributed by atoms with Crippen molar-refractivity contribution in [3.63, 3.8) is 0 Å². The highest BCUT2D eigenvalue weighted by Gasteiger charge is 2.25. The number of fused-ring (bicyclic) bond motifs is 1. The van der Waals surface area contributed by atoms with Crippen LogP contribution in [0.4, 0.5) is 0 Å². The molecule has 1 aliphatic carbocycles. The van der Waals surface area contributed by atoms with E-state index >= 15 is 0 Å². The molecule has 0 saturated carbocycles. The highest BCUT2D eigenvalue weighted by Crippen LogP contribution is 2.33. The Kier molecular flexibility index (Phi) is 4.76. The molecule has 2 aliphatic rings. The molecule has 4 heteroatoms. The smallest absolute Gasteiger partial charge is 0.191 e. The first kappa shape index (κ1) is 14.4. The van der Waals surface area contributed by atoms with E-state index in [4.69, 9.17) is 4.74 Å². The summed E-state index contributed by atoms with van der Waals surface area (Å²) in [7, 11) is 0. The maximum absolute atomic E-state index is 5.62. The number of ether oxygens (including phenoxy) is 1. The number of benzene rings is 1. The maximum atomic E-state index is 5.62. The van der Waals surface area contributed by atoms with Crippen molar-refractivity contribution in [1.29, 1.82) is 0 Å². The number of guanidine groups is 1. The number of hydrogen-bond donors (Lipinski definition) is 2. The summed E-state index contributed by atoms with van der Waals surface area (Å²) in [5.74, 6) is 1.53. The molecule has 114 valence electrons. The highest BCUT2D eigenvalue weighted by atomic mass is 16.5. The van der Waals surface area contributed by atoms with Crippen molar-refractivity contribution >= 4 is 5.96 Å². The molecule has 1 aliphatic heterocycles. The van der Waals surface area contributed by atoms with Crippen molar-refractivity contribution < 1.29 is 4.74 Å². The zero-order valence-corrected chi connectivity index (χ0v) is 12.8. The molecule has 1 aromatic carbocycles. The number of nitrogens with one attached hydrogen (secondary N) is 2. The quantitative estimate of drug-likeness (QED) is 0.644. The fourth-order valence-electron chi connectivity index (χ4n) is 3.09. The minimum atomic E-state index is 0.310. The Labute approximate surface area is 127 Å². The lowest BCUT2D eigenvalue weighted by molar-refractivity contribution is 0.117. The van der Waals surface area contributed by atoms with Gasteiger partial charge in [0.25, 0.3) is 0 Å². The third-order valence-electron chi connectivity index (χ3n) is 4.30. The van der Waals surface area contributed by atoms with Gasteiger partial charge in [0.2, 0.25) is 0 Å². The molecule has 0 radical (unpaired) electrons. The Morgan fingerprint density at radius 3 is 3.00 bits per heavy atom. The molecule has 21 heavy (non-hydrogen) atoms. The van der Waals surface area contributed by atoms with E-state index in [0.29, 0.717) is 12.0 Å². The van der Waals surface area contributed by atoms with Crippen LogP contribution in [0.15, 0.2) is 29.3 Å². The summed E-state index contributed by atoms with van der Waals surface area (Å²) in [6.45, 7) is 5.59. The summed E-state index contributed by atoms with van der Waals surface area (Å²) in [6.07, 6.45) is 3.79. The molecule has 2 atom stereocenters. The van der Waals surface area contributed by atoms with E-state index in [2.05, 4.69) is 46.8 Å². The van der Waals surface area contributed by atoms with Crippen molar-refractivity contribution in [3.8, 4) is 0 Å². The van der Waals surface area contributed by atoms with Gasteiger partial charge in [-0.2, -0.15) is 0 Å². The van der Waals surface area contributed by atoms with Crippen molar-refractivity contribution in [2.75, 3.05) is 26.2 Å². The van der Waals surface area contributed by atoms with Gasteiger partial charge in [0, 0.05) is 25.6 Å². The van der Waals surface area contributed by atoms with Gasteiger partial charge in [-0.15, -0.1) is 0 Å². The van der Waals surface area contributed by atoms with Crippen LogP contribution in [0.25, 0.3) is 0 Å². The molecule has 1 fully saturated rings. The molecule has 1 aromatic rings. The van der Waals surface area contributed by atoms with E-state index in [1.807, 2.05) is 0 Å². The van der Waals surface area contributed by atoms with E-state index in [-0.39, 0.29) is 0 Å². The van der Waals surface area contributed by atoms with Crippen LogP contribution >= 0.6 is 0 Å². The van der Waals surface area contributed by atoms with Crippen LogP contribution in [0.3, 0.4) is 0 Å². The van der Waals surface area contributed by atoms with Crippen LogP contribution in [0.1, 0.15) is 36.8 Å². The fourth-order valence-corrected chi connectivity index (χ4v) is 3.09. The molecular weight excluding hydrogens is 262 g/mol. The fraction of sp³-hybridized carbons (Fsp3) is 0.588. The minimum Gasteiger partial charge on any atom is -0.376 e. The molecule has 3 rings (SSSR count). The van der Waals surface area contributed by atoms with Crippen LogP contribution in [-0.2, 0) is 11.2 Å². The first-order valence-corrected chi connectivity index (χ1v) is 8.08. The summed E-state index contributed by atoms with van der Waals surface area (Å²) in [5, 5.41) is 6.79. The maximum Gasteiger partial charge on any atom is 0.191 e. The third kappa shape index (κ3) is 3.56. The summed E-state index contributed by atoms with van der Waals surface area (Å²) >= 11 is 0. The molecule has 0 aromatic heterocycles. The average Bonchev–Trinajstić information content (AvgIpc) is 2.99. The standard InChI is InChI=1S/C17H25N3O/c1-2-18-17(20-12-15-7-5-9-21-15)19-11-14-10-13-6-3-4-8-16(13)14/h3-4,6,8,14-15H,2,5,7,9-12H2,1H3,(H2,18,19,20). The van der Waals surface area contributed by atoms with E-state index in [9.17, 15) is 0 Å². The number of hydrogen-bond acceptors (Lipinski definition) is 2. The Balaban J connectivity index is 1.50. The topological polar surface area (TPSA) is 45.7 Å². The largest absolute Gasteiger partial charge is 0.376 e. The van der Waals surface area contributed by atoms with Gasteiger partial charge in [0.05, 0.1) is 12.6 Å². The van der Waals surface area contributed by atoms with Gasteiger partial charge >= 0.3 is 0 Å². The molecule has 0 amide bonds. The highest BCUT2D eigenvalue weighted by molar-refractivity contribution is 5.79. The predicted octanol–water partition coefficient (Wildman–Crippen LogP) is 2.06. The van der Waals surface area contributed by atoms with Gasteiger partial charge in [0.1, 0.15) is 0 Å². The number of nitrogens with zero attached hydrogens (tertiary/aromatic N) is 1. The molecule has 1 saturated heterocycles. The second-order valence-corrected chi connectivity index (χ2v) is 5.84. The molecule has 0 spiro atoms. The van der Waals surface area contributed by atoms with Crippen LogP contribution in [0.2, 0.25) is 0 Å². The summed E-state index contributed by atoms with van der Waals surface area (Å²) in [6, 6.07) is 8.71. The Morgan fingerprint density at radius 2 is 2.24 bits per heavy atom. The lowest BCUT2D eigenvalue weighted by Crippen LogP contribution is -2.41. The molecule has 4 nitrogen and oxygen atoms in total. The normalized spacial score (nSPS) is 24.3. The van der Waals surface area contributed by atoms with Crippen molar-refractivity contribution in [2.45, 2.75) is 38.2 Å². The zero-order chi connectivity index (χ0) is 14.5. The van der Waals surface area contributed by atoms with E-state index < -0.39 is 0 Å². The molecule has 2 N–H and O–H groups in total. The van der Waals surface area contributed by atoms with Gasteiger partial charge in [0.15, 0.2) is 5.96 Å². The van der Waals surface area contributed by atoms with Gasteiger partial charge in [-0.3, -0.25) is 4.99 Å². The predicted molar refractivity (Wildman–Crippen MR) is 85.8 cm³/mol. The second kappa shape index (κ2) is 6.94. The van der Waals surface area contributed by atoms with E-state index in [1.54, 1.807) is 0 Å². The lowest BCUT2D eigenvalue weighted by atomic mass is 9.78. The van der Waals surface area contributed by atoms with Gasteiger partial charge in [-0.25, -0.2) is 0 Å². The van der Waals surface area contributed by atoms with Crippen LogP contribution in [0, 0.1) is 0 Å². The van der Waals surface area contributed by atoms with Gasteiger partial charge in [-0.05, 0) is 37.3 Å². The van der Waals surface area contributed by atoms with Crippen molar-refractivity contribution in [1.82, 2.24) is 10.6 Å². The minimum absolute atomic E-state index is 0.310. The second-order valence-electron chi connectivity index (χ2n) is 5.84. The monoisotopic (exact) mass is 287 g/mol. The Hall–Kier alpha value is -1.55. The van der Waals surface area contributed by atoms with Crippen molar-refractivity contribution in [3.05, 3.63) is 35.4 Å². The summed E-state index contributed by atoms with van der Waals surface area (Å²) < 4.78 is 5.62. The number of rotatable bonds is 5. The van der Waals surface area contributed by atoms with Crippen LogP contribution in [-0.4, -0.2) is 38.3 Å². The molecule has 0 bridgehead atoms. The SMILES string of the molecule is CCNC(=NCC1CCCO1)NCC1Cc2ccccc21. The Bertz CT molecular complexity index is 495.